The first kappa shape index (κ1) is 10.8. The highest BCUT2D eigenvalue weighted by Gasteiger charge is 2.22. The van der Waals surface area contributed by atoms with Crippen LogP contribution in [0.1, 0.15) is 49.6 Å². The highest BCUT2D eigenvalue weighted by molar-refractivity contribution is 7.09. The molecule has 2 aromatic heterocycles. The van der Waals surface area contributed by atoms with E-state index in [0.29, 0.717) is 11.8 Å². The molecule has 6 heteroatoms. The van der Waals surface area contributed by atoms with Crippen molar-refractivity contribution in [2.24, 2.45) is 0 Å². The largest absolute Gasteiger partial charge is 0.419 e. The van der Waals surface area contributed by atoms with Gasteiger partial charge >= 0.3 is 0 Å². The molecule has 5 nitrogen and oxygen atoms in total. The third-order valence-electron chi connectivity index (χ3n) is 3.24. The van der Waals surface area contributed by atoms with E-state index in [2.05, 4.69) is 19.8 Å². The Kier molecular flexibility index (Phi) is 2.88. The third-order valence-corrected chi connectivity index (χ3v) is 4.06. The number of aromatic nitrogens is 4. The van der Waals surface area contributed by atoms with Crippen LogP contribution < -0.4 is 0 Å². The van der Waals surface area contributed by atoms with Crippen LogP contribution in [0.2, 0.25) is 0 Å². The van der Waals surface area contributed by atoms with Crippen molar-refractivity contribution in [1.29, 1.82) is 0 Å². The Morgan fingerprint density at radius 1 is 1.12 bits per heavy atom. The molecule has 0 unspecified atom stereocenters. The molecular weight excluding hydrogens is 236 g/mol. The minimum absolute atomic E-state index is 0.450. The predicted molar refractivity (Wildman–Crippen MR) is 63.8 cm³/mol. The Bertz CT molecular complexity index is 501. The zero-order chi connectivity index (χ0) is 11.7. The maximum Gasteiger partial charge on any atom is 0.261 e. The Morgan fingerprint density at radius 3 is 2.65 bits per heavy atom. The van der Waals surface area contributed by atoms with Crippen molar-refractivity contribution < 1.29 is 4.42 Å². The molecule has 1 fully saturated rings. The van der Waals surface area contributed by atoms with Crippen LogP contribution in [0, 0.1) is 6.92 Å². The van der Waals surface area contributed by atoms with Gasteiger partial charge in [-0.05, 0) is 31.3 Å². The van der Waals surface area contributed by atoms with Crippen molar-refractivity contribution in [3.05, 3.63) is 11.6 Å². The molecule has 2 aromatic rings. The molecule has 1 aliphatic rings. The molecule has 0 saturated heterocycles. The van der Waals surface area contributed by atoms with Gasteiger partial charge in [0.2, 0.25) is 5.89 Å². The van der Waals surface area contributed by atoms with Crippen LogP contribution in [-0.4, -0.2) is 19.8 Å². The molecule has 1 aliphatic carbocycles. The van der Waals surface area contributed by atoms with Crippen molar-refractivity contribution >= 4 is 11.5 Å². The lowest BCUT2D eigenvalue weighted by molar-refractivity contribution is 0.367. The maximum atomic E-state index is 5.76. The summed E-state index contributed by atoms with van der Waals surface area (Å²) in [7, 11) is 0. The van der Waals surface area contributed by atoms with Crippen LogP contribution in [0.4, 0.5) is 0 Å². The molecule has 1 saturated carbocycles. The summed E-state index contributed by atoms with van der Waals surface area (Å²) in [4.78, 5) is 0.888. The highest BCUT2D eigenvalue weighted by Crippen LogP contribution is 2.33. The van der Waals surface area contributed by atoms with Gasteiger partial charge in [-0.3, -0.25) is 0 Å². The minimum atomic E-state index is 0.450. The van der Waals surface area contributed by atoms with E-state index in [-0.39, 0.29) is 0 Å². The first-order chi connectivity index (χ1) is 8.34. The summed E-state index contributed by atoms with van der Waals surface area (Å²) < 4.78 is 9.64. The average Bonchev–Trinajstić information content (AvgIpc) is 2.98. The van der Waals surface area contributed by atoms with Gasteiger partial charge in [-0.25, -0.2) is 0 Å². The molecule has 2 heterocycles. The molecule has 17 heavy (non-hydrogen) atoms. The van der Waals surface area contributed by atoms with Gasteiger partial charge in [-0.2, -0.15) is 0 Å². The summed E-state index contributed by atoms with van der Waals surface area (Å²) in [6, 6.07) is 0. The van der Waals surface area contributed by atoms with Crippen molar-refractivity contribution in [1.82, 2.24) is 19.8 Å². The van der Waals surface area contributed by atoms with Gasteiger partial charge in [-0.15, -0.1) is 15.3 Å². The molecular formula is C11H14N4OS. The Morgan fingerprint density at radius 2 is 1.94 bits per heavy atom. The first-order valence-electron chi connectivity index (χ1n) is 5.97. The third kappa shape index (κ3) is 2.09. The van der Waals surface area contributed by atoms with E-state index in [9.17, 15) is 0 Å². The monoisotopic (exact) mass is 250 g/mol. The summed E-state index contributed by atoms with van der Waals surface area (Å²) in [5.74, 6) is 1.80. The molecule has 0 amide bonds. The van der Waals surface area contributed by atoms with Crippen molar-refractivity contribution in [2.75, 3.05) is 0 Å². The molecule has 0 bridgehead atoms. The molecule has 0 atom stereocenters. The first-order valence-corrected chi connectivity index (χ1v) is 6.74. The molecule has 90 valence electrons. The molecule has 0 aromatic carbocycles. The highest BCUT2D eigenvalue weighted by atomic mass is 32.1. The number of rotatable bonds is 2. The lowest BCUT2D eigenvalue weighted by atomic mass is 9.89. The van der Waals surface area contributed by atoms with E-state index in [0.717, 1.165) is 16.5 Å². The fraction of sp³-hybridized carbons (Fsp3) is 0.636. The van der Waals surface area contributed by atoms with E-state index >= 15 is 0 Å². The van der Waals surface area contributed by atoms with Crippen molar-refractivity contribution in [2.45, 2.75) is 44.9 Å². The van der Waals surface area contributed by atoms with Crippen LogP contribution in [0.3, 0.4) is 0 Å². The number of nitrogens with zero attached hydrogens (tertiary/aromatic N) is 4. The normalized spacial score (nSPS) is 17.5. The lowest BCUT2D eigenvalue weighted by Gasteiger charge is -2.17. The molecule has 0 aliphatic heterocycles. The average molecular weight is 250 g/mol. The van der Waals surface area contributed by atoms with Gasteiger partial charge in [0.1, 0.15) is 4.88 Å². The van der Waals surface area contributed by atoms with Gasteiger partial charge in [0, 0.05) is 5.92 Å². The molecule has 0 N–H and O–H groups in total. The topological polar surface area (TPSA) is 64.7 Å². The zero-order valence-corrected chi connectivity index (χ0v) is 10.5. The zero-order valence-electron chi connectivity index (χ0n) is 9.72. The van der Waals surface area contributed by atoms with E-state index in [1.54, 1.807) is 0 Å². The van der Waals surface area contributed by atoms with Gasteiger partial charge in [0.15, 0.2) is 0 Å². The Balaban J connectivity index is 1.85. The van der Waals surface area contributed by atoms with Gasteiger partial charge in [0.25, 0.3) is 5.89 Å². The second kappa shape index (κ2) is 4.52. The summed E-state index contributed by atoms with van der Waals surface area (Å²) in [6.07, 6.45) is 6.20. The van der Waals surface area contributed by atoms with Crippen LogP contribution in [-0.2, 0) is 0 Å². The van der Waals surface area contributed by atoms with E-state index < -0.39 is 0 Å². The van der Waals surface area contributed by atoms with Gasteiger partial charge in [-0.1, -0.05) is 23.8 Å². The molecule has 0 spiro atoms. The van der Waals surface area contributed by atoms with E-state index in [4.69, 9.17) is 4.42 Å². The number of aryl methyl sites for hydroxylation is 1. The summed E-state index contributed by atoms with van der Waals surface area (Å²) >= 11 is 1.31. The van der Waals surface area contributed by atoms with Crippen LogP contribution in [0.25, 0.3) is 10.8 Å². The fourth-order valence-electron chi connectivity index (χ4n) is 2.27. The summed E-state index contributed by atoms with van der Waals surface area (Å²) in [5.41, 5.74) is 0.855. The quantitative estimate of drug-likeness (QED) is 0.819. The molecule has 0 radical (unpaired) electrons. The predicted octanol–water partition coefficient (Wildman–Crippen LogP) is 2.94. The Labute approximate surface area is 103 Å². The maximum absolute atomic E-state index is 5.76. The minimum Gasteiger partial charge on any atom is -0.419 e. The smallest absolute Gasteiger partial charge is 0.261 e. The molecule has 3 rings (SSSR count). The fourth-order valence-corrected chi connectivity index (χ4v) is 2.85. The van der Waals surface area contributed by atoms with Crippen molar-refractivity contribution in [3.63, 3.8) is 0 Å². The second-order valence-electron chi connectivity index (χ2n) is 4.47. The SMILES string of the molecule is Cc1nnsc1-c1nnc(C2CCCCC2)o1. The van der Waals surface area contributed by atoms with E-state index in [1.807, 2.05) is 6.92 Å². The summed E-state index contributed by atoms with van der Waals surface area (Å²) in [5, 5.41) is 12.2. The second-order valence-corrected chi connectivity index (χ2v) is 5.22. The number of hydrogen-bond acceptors (Lipinski definition) is 6. The van der Waals surface area contributed by atoms with Crippen LogP contribution in [0.15, 0.2) is 4.42 Å². The van der Waals surface area contributed by atoms with Crippen LogP contribution >= 0.6 is 11.5 Å². The van der Waals surface area contributed by atoms with E-state index in [1.165, 1.54) is 43.6 Å². The van der Waals surface area contributed by atoms with Gasteiger partial charge in [0.05, 0.1) is 5.69 Å². The Hall–Kier alpha value is -1.30. The van der Waals surface area contributed by atoms with Crippen molar-refractivity contribution in [3.8, 4) is 10.8 Å². The standard InChI is InChI=1S/C11H14N4OS/c1-7-9(17-15-12-7)11-14-13-10(16-11)8-5-3-2-4-6-8/h8H,2-6H2,1H3. The number of hydrogen-bond donors (Lipinski definition) is 0. The lowest BCUT2D eigenvalue weighted by Crippen LogP contribution is -2.04. The van der Waals surface area contributed by atoms with Gasteiger partial charge < -0.3 is 4.42 Å². The van der Waals surface area contributed by atoms with Crippen LogP contribution in [0.5, 0.6) is 0 Å². The summed E-state index contributed by atoms with van der Waals surface area (Å²) in [6.45, 7) is 1.91.